The van der Waals surface area contributed by atoms with Crippen molar-refractivity contribution in [3.8, 4) is 5.69 Å². The molecule has 0 spiro atoms. The maximum atomic E-state index is 6.01. The molecule has 0 aliphatic heterocycles. The number of aryl methyl sites for hydroxylation is 1. The van der Waals surface area contributed by atoms with Crippen LogP contribution >= 0.6 is 0 Å². The van der Waals surface area contributed by atoms with E-state index in [9.17, 15) is 0 Å². The first-order valence-corrected chi connectivity index (χ1v) is 6.24. The Kier molecular flexibility index (Phi) is 3.29. The molecular weight excluding hydrogens is 221 g/mol. The van der Waals surface area contributed by atoms with Gasteiger partial charge in [-0.3, -0.25) is 0 Å². The summed E-state index contributed by atoms with van der Waals surface area (Å²) in [7, 11) is 6.01. The molecule has 0 bridgehead atoms. The molecule has 4 heteroatoms. The van der Waals surface area contributed by atoms with Crippen LogP contribution in [0.3, 0.4) is 0 Å². The molecule has 0 amide bonds. The Labute approximate surface area is 110 Å². The van der Waals surface area contributed by atoms with Gasteiger partial charge in [0.15, 0.2) is 5.82 Å². The number of nitrogens with zero attached hydrogens (tertiary/aromatic N) is 3. The van der Waals surface area contributed by atoms with E-state index >= 15 is 0 Å². The zero-order valence-electron chi connectivity index (χ0n) is 11.4. The van der Waals surface area contributed by atoms with Gasteiger partial charge in [0, 0.05) is 11.8 Å². The molecule has 2 radical (unpaired) electrons. The van der Waals surface area contributed by atoms with E-state index in [0.717, 1.165) is 29.2 Å². The van der Waals surface area contributed by atoms with Crippen molar-refractivity contribution in [2.24, 2.45) is 0 Å². The maximum absolute atomic E-state index is 6.01. The minimum absolute atomic E-state index is 0.0568. The molecule has 0 saturated heterocycles. The molecule has 92 valence electrons. The van der Waals surface area contributed by atoms with Gasteiger partial charge in [0.1, 0.15) is 13.7 Å². The average molecular weight is 239 g/mol. The highest BCUT2D eigenvalue weighted by Crippen LogP contribution is 2.20. The Morgan fingerprint density at radius 3 is 2.44 bits per heavy atom. The molecule has 18 heavy (non-hydrogen) atoms. The third-order valence-electron chi connectivity index (χ3n) is 2.83. The number of rotatable bonds is 2. The van der Waals surface area contributed by atoms with Crippen molar-refractivity contribution in [1.82, 2.24) is 14.8 Å². The van der Waals surface area contributed by atoms with Crippen molar-refractivity contribution in [3.05, 3.63) is 35.9 Å². The van der Waals surface area contributed by atoms with Gasteiger partial charge in [0.2, 0.25) is 0 Å². The number of aromatic nitrogens is 3. The average Bonchev–Trinajstić information content (AvgIpc) is 2.73. The molecule has 0 atom stereocenters. The molecular formula is C14H18BN3. The molecule has 0 N–H and O–H groups in total. The van der Waals surface area contributed by atoms with Crippen molar-refractivity contribution < 1.29 is 0 Å². The third-order valence-corrected chi connectivity index (χ3v) is 2.83. The molecule has 1 aromatic heterocycles. The van der Waals surface area contributed by atoms with Crippen LogP contribution in [0, 0.1) is 0 Å². The van der Waals surface area contributed by atoms with Gasteiger partial charge >= 0.3 is 0 Å². The van der Waals surface area contributed by atoms with Crippen LogP contribution in [-0.2, 0) is 11.8 Å². The smallest absolute Gasteiger partial charge is 0.156 e. The lowest BCUT2D eigenvalue weighted by molar-refractivity contribution is 0.543. The molecule has 1 aromatic carbocycles. The van der Waals surface area contributed by atoms with Crippen LogP contribution in [0.5, 0.6) is 0 Å². The molecule has 3 nitrogen and oxygen atoms in total. The Bertz CT molecular complexity index is 552. The van der Waals surface area contributed by atoms with Gasteiger partial charge in [-0.2, -0.15) is 5.10 Å². The van der Waals surface area contributed by atoms with E-state index in [1.54, 1.807) is 0 Å². The summed E-state index contributed by atoms with van der Waals surface area (Å²) in [6, 6.07) is 7.73. The Morgan fingerprint density at radius 1 is 1.22 bits per heavy atom. The molecule has 0 fully saturated rings. The highest BCUT2D eigenvalue weighted by molar-refractivity contribution is 6.34. The SMILES string of the molecule is [B]c1ccccc1-n1nc(C(C)(C)C)nc1CC. The van der Waals surface area contributed by atoms with Gasteiger partial charge in [-0.25, -0.2) is 9.67 Å². The Morgan fingerprint density at radius 2 is 1.89 bits per heavy atom. The fraction of sp³-hybridized carbons (Fsp3) is 0.429. The summed E-state index contributed by atoms with van der Waals surface area (Å²) in [6.07, 6.45) is 0.831. The van der Waals surface area contributed by atoms with Crippen LogP contribution in [0.4, 0.5) is 0 Å². The lowest BCUT2D eigenvalue weighted by Gasteiger charge is -2.12. The van der Waals surface area contributed by atoms with Gasteiger partial charge < -0.3 is 0 Å². The normalized spacial score (nSPS) is 11.8. The van der Waals surface area contributed by atoms with Gasteiger partial charge in [-0.15, -0.1) is 0 Å². The topological polar surface area (TPSA) is 30.7 Å². The van der Waals surface area contributed by atoms with Crippen LogP contribution < -0.4 is 5.46 Å². The standard InChI is InChI=1S/C14H18BN3/c1-5-12-16-13(14(2,3)4)17-18(12)11-9-7-6-8-10(11)15/h6-9H,5H2,1-4H3. The second-order valence-corrected chi connectivity index (χ2v) is 5.43. The molecule has 2 aromatic rings. The van der Waals surface area contributed by atoms with Crippen molar-refractivity contribution in [2.45, 2.75) is 39.5 Å². The largest absolute Gasteiger partial charge is 0.218 e. The van der Waals surface area contributed by atoms with Crippen LogP contribution in [0.25, 0.3) is 5.69 Å². The Hall–Kier alpha value is -1.58. The van der Waals surface area contributed by atoms with Crippen molar-refractivity contribution in [3.63, 3.8) is 0 Å². The van der Waals surface area contributed by atoms with Crippen molar-refractivity contribution >= 4 is 13.3 Å². The lowest BCUT2D eigenvalue weighted by Crippen LogP contribution is -2.17. The predicted molar refractivity (Wildman–Crippen MR) is 74.8 cm³/mol. The minimum Gasteiger partial charge on any atom is -0.218 e. The number of para-hydroxylation sites is 1. The summed E-state index contributed by atoms with van der Waals surface area (Å²) >= 11 is 0. The number of hydrogen-bond acceptors (Lipinski definition) is 2. The third kappa shape index (κ3) is 2.33. The van der Waals surface area contributed by atoms with Crippen LogP contribution in [-0.4, -0.2) is 22.6 Å². The zero-order chi connectivity index (χ0) is 13.3. The highest BCUT2D eigenvalue weighted by atomic mass is 15.4. The van der Waals surface area contributed by atoms with Crippen molar-refractivity contribution in [1.29, 1.82) is 0 Å². The molecule has 0 saturated carbocycles. The van der Waals surface area contributed by atoms with E-state index in [0.29, 0.717) is 0 Å². The van der Waals surface area contributed by atoms with E-state index in [2.05, 4.69) is 37.8 Å². The van der Waals surface area contributed by atoms with E-state index in [1.807, 2.05) is 28.9 Å². The summed E-state index contributed by atoms with van der Waals surface area (Å²) < 4.78 is 1.86. The van der Waals surface area contributed by atoms with E-state index in [-0.39, 0.29) is 5.41 Å². The summed E-state index contributed by atoms with van der Waals surface area (Å²) in [5.41, 5.74) is 1.56. The quantitative estimate of drug-likeness (QED) is 0.749. The monoisotopic (exact) mass is 239 g/mol. The molecule has 0 aliphatic rings. The summed E-state index contributed by atoms with van der Waals surface area (Å²) in [5.74, 6) is 1.79. The fourth-order valence-electron chi connectivity index (χ4n) is 1.76. The van der Waals surface area contributed by atoms with Crippen LogP contribution in [0.15, 0.2) is 24.3 Å². The first kappa shape index (κ1) is 12.9. The molecule has 0 unspecified atom stereocenters. The maximum Gasteiger partial charge on any atom is 0.156 e. The number of benzene rings is 1. The first-order chi connectivity index (χ1) is 8.43. The van der Waals surface area contributed by atoms with E-state index < -0.39 is 0 Å². The van der Waals surface area contributed by atoms with Crippen LogP contribution in [0.1, 0.15) is 39.3 Å². The van der Waals surface area contributed by atoms with Crippen LogP contribution in [0.2, 0.25) is 0 Å². The second kappa shape index (κ2) is 4.60. The first-order valence-electron chi connectivity index (χ1n) is 6.24. The second-order valence-electron chi connectivity index (χ2n) is 5.43. The zero-order valence-corrected chi connectivity index (χ0v) is 11.4. The van der Waals surface area contributed by atoms with Gasteiger partial charge in [0.05, 0.1) is 5.69 Å². The Balaban J connectivity index is 2.58. The van der Waals surface area contributed by atoms with E-state index in [1.165, 1.54) is 0 Å². The summed E-state index contributed by atoms with van der Waals surface area (Å²) in [6.45, 7) is 8.41. The molecule has 0 aliphatic carbocycles. The van der Waals surface area contributed by atoms with Gasteiger partial charge in [0.25, 0.3) is 0 Å². The number of hydrogen-bond donors (Lipinski definition) is 0. The predicted octanol–water partition coefficient (Wildman–Crippen LogP) is 1.92. The lowest BCUT2D eigenvalue weighted by atomic mass is 9.94. The highest BCUT2D eigenvalue weighted by Gasteiger charge is 2.21. The molecule has 2 rings (SSSR count). The van der Waals surface area contributed by atoms with E-state index in [4.69, 9.17) is 7.85 Å². The minimum atomic E-state index is -0.0568. The summed E-state index contributed by atoms with van der Waals surface area (Å²) in [5, 5.41) is 4.61. The molecule has 1 heterocycles. The fourth-order valence-corrected chi connectivity index (χ4v) is 1.76. The summed E-state index contributed by atoms with van der Waals surface area (Å²) in [4.78, 5) is 4.61. The van der Waals surface area contributed by atoms with Crippen molar-refractivity contribution in [2.75, 3.05) is 0 Å². The van der Waals surface area contributed by atoms with Gasteiger partial charge in [-0.1, -0.05) is 51.4 Å². The van der Waals surface area contributed by atoms with Gasteiger partial charge in [-0.05, 0) is 6.07 Å².